The Labute approximate surface area is 117 Å². The van der Waals surface area contributed by atoms with Crippen LogP contribution in [0.2, 0.25) is 52.4 Å². The predicted molar refractivity (Wildman–Crippen MR) is 87.6 cm³/mol. The fraction of sp³-hybridized carbons (Fsp3) is 1.00. The smallest absolute Gasteiger partial charge is 0.250 e. The molecule has 0 bridgehead atoms. The van der Waals surface area contributed by atoms with Gasteiger partial charge in [-0.3, -0.25) is 0 Å². The van der Waals surface area contributed by atoms with Crippen molar-refractivity contribution in [1.82, 2.24) is 8.46 Å². The molecule has 0 spiro atoms. The van der Waals surface area contributed by atoms with Crippen molar-refractivity contribution in [3.05, 3.63) is 0 Å². The highest BCUT2D eigenvalue weighted by molar-refractivity contribution is 6.98. The van der Waals surface area contributed by atoms with Crippen molar-refractivity contribution in [2.45, 2.75) is 52.4 Å². The van der Waals surface area contributed by atoms with Crippen molar-refractivity contribution in [2.24, 2.45) is 0 Å². The first-order chi connectivity index (χ1) is 7.72. The molecule has 1 saturated heterocycles. The van der Waals surface area contributed by atoms with Gasteiger partial charge in [-0.2, -0.15) is 0 Å². The van der Waals surface area contributed by atoms with Gasteiger partial charge in [0.1, 0.15) is 0 Å². The van der Waals surface area contributed by atoms with E-state index in [1.165, 1.54) is 0 Å². The fourth-order valence-corrected chi connectivity index (χ4v) is 26.8. The van der Waals surface area contributed by atoms with Crippen LogP contribution in [0.5, 0.6) is 0 Å². The van der Waals surface area contributed by atoms with E-state index in [0.717, 1.165) is 0 Å². The van der Waals surface area contributed by atoms with E-state index in [1.807, 2.05) is 0 Å². The van der Waals surface area contributed by atoms with Gasteiger partial charge in [0.2, 0.25) is 33.9 Å². The van der Waals surface area contributed by atoms with Gasteiger partial charge in [0.15, 0.2) is 0 Å². The van der Waals surface area contributed by atoms with Gasteiger partial charge in [0.25, 0.3) is 0 Å². The lowest BCUT2D eigenvalue weighted by Crippen LogP contribution is -2.76. The second-order valence-corrected chi connectivity index (χ2v) is 23.9. The fourth-order valence-electron chi connectivity index (χ4n) is 2.79. The van der Waals surface area contributed by atoms with Crippen LogP contribution in [0, 0.1) is 0 Å². The summed E-state index contributed by atoms with van der Waals surface area (Å²) in [4.78, 5) is 0. The molecule has 1 fully saturated rings. The molecule has 18 heavy (non-hydrogen) atoms. The highest BCUT2D eigenvalue weighted by Gasteiger charge is 2.54. The summed E-state index contributed by atoms with van der Waals surface area (Å²) in [5, 5.41) is 0. The Morgan fingerprint density at radius 1 is 0.500 bits per heavy atom. The average molecular weight is 323 g/mol. The molecule has 0 saturated carbocycles. The third-order valence-electron chi connectivity index (χ3n) is 4.23. The average Bonchev–Trinajstić information content (AvgIpc) is 2.10. The molecule has 0 atom stereocenters. The Bertz CT molecular complexity index is 274. The van der Waals surface area contributed by atoms with Gasteiger partial charge in [-0.05, 0) is 66.5 Å². The lowest BCUT2D eigenvalue weighted by atomic mass is 11.6. The third kappa shape index (κ3) is 3.06. The van der Waals surface area contributed by atoms with E-state index in [9.17, 15) is 0 Å². The van der Waals surface area contributed by atoms with Crippen molar-refractivity contribution < 1.29 is 8.23 Å². The molecule has 0 aliphatic carbocycles. The van der Waals surface area contributed by atoms with Crippen LogP contribution in [0.4, 0.5) is 0 Å². The summed E-state index contributed by atoms with van der Waals surface area (Å²) in [5.74, 6) is 0. The minimum Gasteiger partial charge on any atom is -0.433 e. The number of hydrogen-bond acceptors (Lipinski definition) is 4. The standard InChI is InChI=1S/C10H30N2O2Si4/c1-11-15(3,4)13-17(7,8)12(2)18(9,10)14-16(11,5)6/h1-10H3. The zero-order chi connectivity index (χ0) is 14.6. The minimum absolute atomic E-state index is 1.84. The second-order valence-electron chi connectivity index (χ2n) is 7.11. The minimum atomic E-state index is -1.84. The molecule has 1 heterocycles. The predicted octanol–water partition coefficient (Wildman–Crippen LogP) is 2.70. The molecule has 8 heteroatoms. The van der Waals surface area contributed by atoms with Crippen LogP contribution in [0.25, 0.3) is 0 Å². The van der Waals surface area contributed by atoms with Crippen LogP contribution in [-0.2, 0) is 8.23 Å². The Balaban J connectivity index is 3.25. The summed E-state index contributed by atoms with van der Waals surface area (Å²) < 4.78 is 18.3. The zero-order valence-corrected chi connectivity index (χ0v) is 17.7. The van der Waals surface area contributed by atoms with E-state index in [1.54, 1.807) is 0 Å². The normalized spacial score (nSPS) is 31.7. The van der Waals surface area contributed by atoms with Crippen molar-refractivity contribution in [3.8, 4) is 0 Å². The molecule has 1 aliphatic rings. The molecule has 0 N–H and O–H groups in total. The van der Waals surface area contributed by atoms with Crippen LogP contribution in [-0.4, -0.2) is 56.5 Å². The molecule has 0 aromatic rings. The van der Waals surface area contributed by atoms with E-state index in [2.05, 4.69) is 74.9 Å². The summed E-state index contributed by atoms with van der Waals surface area (Å²) >= 11 is 0. The largest absolute Gasteiger partial charge is 0.433 e. The molecule has 1 rings (SSSR count). The SMILES string of the molecule is CN1[Si](C)(C)O[Si](C)(C)N(C)[Si](C)(C)O[Si]1(C)C. The van der Waals surface area contributed by atoms with Crippen molar-refractivity contribution in [3.63, 3.8) is 0 Å². The van der Waals surface area contributed by atoms with Crippen molar-refractivity contribution >= 4 is 33.9 Å². The van der Waals surface area contributed by atoms with Gasteiger partial charge in [-0.15, -0.1) is 0 Å². The first-order valence-corrected chi connectivity index (χ1v) is 18.0. The second kappa shape index (κ2) is 4.62. The molecule has 0 aromatic heterocycles. The first-order valence-electron chi connectivity index (χ1n) is 6.61. The van der Waals surface area contributed by atoms with E-state index in [0.29, 0.717) is 0 Å². The Hall–Kier alpha value is 0.708. The summed E-state index contributed by atoms with van der Waals surface area (Å²) in [6.07, 6.45) is 0. The number of hydrogen-bond donors (Lipinski definition) is 0. The summed E-state index contributed by atoms with van der Waals surface area (Å²) in [5.41, 5.74) is 0. The van der Waals surface area contributed by atoms with Crippen LogP contribution < -0.4 is 0 Å². The monoisotopic (exact) mass is 322 g/mol. The van der Waals surface area contributed by atoms with Gasteiger partial charge in [0.05, 0.1) is 0 Å². The maximum Gasteiger partial charge on any atom is 0.250 e. The van der Waals surface area contributed by atoms with Gasteiger partial charge >= 0.3 is 0 Å². The molecule has 0 aromatic carbocycles. The third-order valence-corrected chi connectivity index (χ3v) is 25.1. The highest BCUT2D eigenvalue weighted by atomic mass is 28.5. The van der Waals surface area contributed by atoms with Crippen LogP contribution in [0.1, 0.15) is 0 Å². The van der Waals surface area contributed by atoms with Gasteiger partial charge in [-0.25, -0.2) is 0 Å². The lowest BCUT2D eigenvalue weighted by molar-refractivity contribution is 0.348. The molecular formula is C10H30N2O2Si4. The molecule has 0 amide bonds. The quantitative estimate of drug-likeness (QED) is 0.640. The maximum atomic E-state index is 6.68. The maximum absolute atomic E-state index is 6.68. The number of rotatable bonds is 0. The van der Waals surface area contributed by atoms with Crippen molar-refractivity contribution in [2.75, 3.05) is 14.1 Å². The molecular weight excluding hydrogens is 292 g/mol. The Morgan fingerprint density at radius 3 is 0.833 bits per heavy atom. The summed E-state index contributed by atoms with van der Waals surface area (Å²) in [7, 11) is -2.94. The first kappa shape index (κ1) is 16.8. The Morgan fingerprint density at radius 2 is 0.667 bits per heavy atom. The van der Waals surface area contributed by atoms with Gasteiger partial charge in [-0.1, -0.05) is 0 Å². The van der Waals surface area contributed by atoms with Crippen LogP contribution in [0.15, 0.2) is 0 Å². The molecule has 4 nitrogen and oxygen atoms in total. The van der Waals surface area contributed by atoms with E-state index < -0.39 is 33.9 Å². The van der Waals surface area contributed by atoms with Gasteiger partial charge in [0, 0.05) is 0 Å². The molecule has 108 valence electrons. The van der Waals surface area contributed by atoms with E-state index in [-0.39, 0.29) is 0 Å². The van der Waals surface area contributed by atoms with Crippen LogP contribution >= 0.6 is 0 Å². The molecule has 0 unspecified atom stereocenters. The Kier molecular flexibility index (Phi) is 4.30. The summed E-state index contributed by atoms with van der Waals surface area (Å²) in [6, 6.07) is 0. The van der Waals surface area contributed by atoms with Crippen molar-refractivity contribution in [1.29, 1.82) is 0 Å². The number of nitrogens with zero attached hydrogens (tertiary/aromatic N) is 2. The van der Waals surface area contributed by atoms with E-state index in [4.69, 9.17) is 8.23 Å². The highest BCUT2D eigenvalue weighted by Crippen LogP contribution is 2.32. The lowest BCUT2D eigenvalue weighted by Gasteiger charge is -2.56. The van der Waals surface area contributed by atoms with Crippen LogP contribution in [0.3, 0.4) is 0 Å². The topological polar surface area (TPSA) is 24.9 Å². The molecule has 1 aliphatic heterocycles. The zero-order valence-electron chi connectivity index (χ0n) is 13.7. The van der Waals surface area contributed by atoms with Gasteiger partial charge < -0.3 is 16.7 Å². The van der Waals surface area contributed by atoms with E-state index >= 15 is 0 Å². The molecule has 0 radical (unpaired) electrons. The summed E-state index contributed by atoms with van der Waals surface area (Å²) in [6.45, 7) is 18.4.